The summed E-state index contributed by atoms with van der Waals surface area (Å²) in [6, 6.07) is 0. The number of rotatable bonds is 3. The van der Waals surface area contributed by atoms with Crippen molar-refractivity contribution in [1.82, 2.24) is 0 Å². The molecule has 0 spiro atoms. The molecule has 0 fully saturated rings. The molecule has 1 aromatic rings. The van der Waals surface area contributed by atoms with E-state index in [0.717, 1.165) is 0 Å². The van der Waals surface area contributed by atoms with Gasteiger partial charge in [-0.1, -0.05) is 0 Å². The second kappa shape index (κ2) is 4.30. The van der Waals surface area contributed by atoms with Crippen molar-refractivity contribution in [3.05, 3.63) is 23.3 Å². The van der Waals surface area contributed by atoms with Gasteiger partial charge in [-0.3, -0.25) is 9.35 Å². The molecule has 0 aliphatic rings. The van der Waals surface area contributed by atoms with Crippen LogP contribution in [0.25, 0.3) is 0 Å². The van der Waals surface area contributed by atoms with Crippen LogP contribution >= 0.6 is 0 Å². The number of carbonyl (C=O) groups excluding carboxylic acids is 1. The lowest BCUT2D eigenvalue weighted by Crippen LogP contribution is -2.11. The predicted molar refractivity (Wildman–Crippen MR) is 42.8 cm³/mol. The Labute approximate surface area is 91.4 Å². The molecule has 5 nitrogen and oxygen atoms in total. The van der Waals surface area contributed by atoms with E-state index in [1.165, 1.54) is 0 Å². The third-order valence-corrected chi connectivity index (χ3v) is 2.48. The van der Waals surface area contributed by atoms with Crippen LogP contribution < -0.4 is 4.74 Å². The Morgan fingerprint density at radius 1 is 1.00 bits per heavy atom. The second-order valence-corrected chi connectivity index (χ2v) is 3.96. The Hall–Kier alpha value is -1.68. The molecule has 0 unspecified atom stereocenters. The summed E-state index contributed by atoms with van der Waals surface area (Å²) < 4.78 is 84.9. The van der Waals surface area contributed by atoms with Gasteiger partial charge in [-0.2, -0.15) is 17.2 Å². The molecule has 0 saturated heterocycles. The zero-order valence-electron chi connectivity index (χ0n) is 7.58. The first kappa shape index (κ1) is 13.4. The van der Waals surface area contributed by atoms with Gasteiger partial charge in [0.1, 0.15) is 0 Å². The molecule has 1 rings (SSSR count). The molecule has 10 heteroatoms. The summed E-state index contributed by atoms with van der Waals surface area (Å²) in [7, 11) is -5.51. The number of ether oxygens (including phenoxy) is 1. The zero-order valence-corrected chi connectivity index (χ0v) is 8.39. The summed E-state index contributed by atoms with van der Waals surface area (Å²) in [5.41, 5.74) is 0. The highest BCUT2D eigenvalue weighted by Crippen LogP contribution is 2.31. The zero-order chi connectivity index (χ0) is 13.4. The van der Waals surface area contributed by atoms with Crippen LogP contribution in [0.5, 0.6) is 5.75 Å². The van der Waals surface area contributed by atoms with Crippen LogP contribution in [0.15, 0.2) is 4.90 Å². The molecule has 0 aliphatic carbocycles. The van der Waals surface area contributed by atoms with Crippen molar-refractivity contribution in [1.29, 1.82) is 0 Å². The summed E-state index contributed by atoms with van der Waals surface area (Å²) in [5.74, 6) is -11.1. The molecule has 0 atom stereocenters. The van der Waals surface area contributed by atoms with Crippen molar-refractivity contribution in [2.75, 3.05) is 0 Å². The van der Waals surface area contributed by atoms with Gasteiger partial charge in [-0.15, -0.1) is 0 Å². The minimum atomic E-state index is -5.51. The first-order valence-corrected chi connectivity index (χ1v) is 5.09. The molecule has 17 heavy (non-hydrogen) atoms. The second-order valence-electron chi connectivity index (χ2n) is 2.60. The normalized spacial score (nSPS) is 11.4. The van der Waals surface area contributed by atoms with E-state index in [9.17, 15) is 30.8 Å². The van der Waals surface area contributed by atoms with E-state index < -0.39 is 50.5 Å². The van der Waals surface area contributed by atoms with Crippen molar-refractivity contribution in [3.63, 3.8) is 0 Å². The molecule has 0 bridgehead atoms. The maximum absolute atomic E-state index is 13.0. The topological polar surface area (TPSA) is 80.7 Å². The molecule has 0 aromatic heterocycles. The third-order valence-electron chi connectivity index (χ3n) is 1.61. The average Bonchev–Trinajstić information content (AvgIpc) is 2.20. The summed E-state index contributed by atoms with van der Waals surface area (Å²) in [6.07, 6.45) is 0. The number of benzene rings is 1. The number of halogens is 4. The first-order chi connectivity index (χ1) is 7.71. The minimum Gasteiger partial charge on any atom is -0.422 e. The van der Waals surface area contributed by atoms with E-state index in [4.69, 9.17) is 4.55 Å². The van der Waals surface area contributed by atoms with E-state index in [-0.39, 0.29) is 0 Å². The van der Waals surface area contributed by atoms with Gasteiger partial charge < -0.3 is 4.74 Å². The molecule has 0 radical (unpaired) electrons. The number of carbonyl (C=O) groups is 1. The van der Waals surface area contributed by atoms with E-state index >= 15 is 0 Å². The van der Waals surface area contributed by atoms with Crippen molar-refractivity contribution in [2.45, 2.75) is 4.90 Å². The van der Waals surface area contributed by atoms with Gasteiger partial charge in [-0.25, -0.2) is 8.78 Å². The fourth-order valence-corrected chi connectivity index (χ4v) is 1.60. The fraction of sp³-hybridized carbons (Fsp3) is 0. The van der Waals surface area contributed by atoms with Crippen LogP contribution in [0.4, 0.5) is 17.6 Å². The lowest BCUT2D eigenvalue weighted by Gasteiger charge is -2.07. The standard InChI is InChI=1S/C7H2F4O5S/c8-2-4(10)7(17(13,14)15)5(11)3(9)6(2)16-1-12/h1H,(H,13,14,15). The fourth-order valence-electron chi connectivity index (χ4n) is 0.969. The van der Waals surface area contributed by atoms with Crippen LogP contribution in [-0.2, 0) is 14.9 Å². The highest BCUT2D eigenvalue weighted by atomic mass is 32.2. The van der Waals surface area contributed by atoms with Crippen LogP contribution in [0.1, 0.15) is 0 Å². The Bertz CT molecular complexity index is 553. The largest absolute Gasteiger partial charge is 0.422 e. The summed E-state index contributed by atoms with van der Waals surface area (Å²) >= 11 is 0. The molecule has 0 amide bonds. The minimum absolute atomic E-state index is 0.520. The van der Waals surface area contributed by atoms with Crippen LogP contribution in [-0.4, -0.2) is 19.4 Å². The third kappa shape index (κ3) is 2.22. The monoisotopic (exact) mass is 274 g/mol. The van der Waals surface area contributed by atoms with E-state index in [1.54, 1.807) is 0 Å². The summed E-state index contributed by atoms with van der Waals surface area (Å²) in [5, 5.41) is 0. The molecule has 1 N–H and O–H groups in total. The van der Waals surface area contributed by atoms with Gasteiger partial charge >= 0.3 is 10.1 Å². The Kier molecular flexibility index (Phi) is 3.38. The molecule has 94 valence electrons. The van der Waals surface area contributed by atoms with Gasteiger partial charge in [0, 0.05) is 0 Å². The van der Waals surface area contributed by atoms with E-state index in [0.29, 0.717) is 0 Å². The maximum atomic E-state index is 13.0. The Balaban J connectivity index is 3.77. The molecule has 1 aromatic carbocycles. The highest BCUT2D eigenvalue weighted by Gasteiger charge is 2.33. The SMILES string of the molecule is O=COc1c(F)c(F)c(S(=O)(=O)O)c(F)c1F. The predicted octanol–water partition coefficient (Wildman–Crippen LogP) is 1.02. The van der Waals surface area contributed by atoms with Gasteiger partial charge in [0.25, 0.3) is 6.47 Å². The summed E-state index contributed by atoms with van der Waals surface area (Å²) in [6.45, 7) is -0.520. The van der Waals surface area contributed by atoms with Crippen molar-refractivity contribution < 1.29 is 40.1 Å². The Morgan fingerprint density at radius 2 is 1.41 bits per heavy atom. The smallest absolute Gasteiger partial charge is 0.300 e. The lowest BCUT2D eigenvalue weighted by atomic mass is 10.3. The lowest BCUT2D eigenvalue weighted by molar-refractivity contribution is -0.121. The molecular formula is C7H2F4O5S. The molecule has 0 aliphatic heterocycles. The van der Waals surface area contributed by atoms with Crippen LogP contribution in [0, 0.1) is 23.3 Å². The summed E-state index contributed by atoms with van der Waals surface area (Å²) in [4.78, 5) is 7.61. The molecular weight excluding hydrogens is 272 g/mol. The first-order valence-electron chi connectivity index (χ1n) is 3.65. The molecule has 0 saturated carbocycles. The van der Waals surface area contributed by atoms with Crippen molar-refractivity contribution >= 4 is 16.6 Å². The quantitative estimate of drug-likeness (QED) is 0.385. The van der Waals surface area contributed by atoms with E-state index in [2.05, 4.69) is 4.74 Å². The van der Waals surface area contributed by atoms with Gasteiger partial charge in [0.05, 0.1) is 0 Å². The van der Waals surface area contributed by atoms with Crippen LogP contribution in [0.2, 0.25) is 0 Å². The van der Waals surface area contributed by atoms with Crippen molar-refractivity contribution in [2.24, 2.45) is 0 Å². The van der Waals surface area contributed by atoms with Gasteiger partial charge in [-0.05, 0) is 0 Å². The van der Waals surface area contributed by atoms with E-state index in [1.807, 2.05) is 0 Å². The van der Waals surface area contributed by atoms with Gasteiger partial charge in [0.2, 0.25) is 17.4 Å². The number of hydrogen-bond acceptors (Lipinski definition) is 4. The number of hydrogen-bond donors (Lipinski definition) is 1. The maximum Gasteiger partial charge on any atom is 0.300 e. The van der Waals surface area contributed by atoms with Crippen molar-refractivity contribution in [3.8, 4) is 5.75 Å². The van der Waals surface area contributed by atoms with Gasteiger partial charge in [0.15, 0.2) is 16.5 Å². The molecule has 0 heterocycles. The highest BCUT2D eigenvalue weighted by molar-refractivity contribution is 7.85. The van der Waals surface area contributed by atoms with Crippen LogP contribution in [0.3, 0.4) is 0 Å². The Morgan fingerprint density at radius 3 is 1.71 bits per heavy atom. The average molecular weight is 274 g/mol.